The van der Waals surface area contributed by atoms with E-state index in [-0.39, 0.29) is 37.5 Å². The van der Waals surface area contributed by atoms with Gasteiger partial charge in [0.25, 0.3) is 0 Å². The quantitative estimate of drug-likeness (QED) is 0.0261. The summed E-state index contributed by atoms with van der Waals surface area (Å²) in [5.74, 6) is -0.901. The smallest absolute Gasteiger partial charge is 0.306 e. The van der Waals surface area contributed by atoms with Gasteiger partial charge >= 0.3 is 17.9 Å². The molecule has 0 aliphatic heterocycles. The van der Waals surface area contributed by atoms with Gasteiger partial charge in [-0.15, -0.1) is 0 Å². The highest BCUT2D eigenvalue weighted by Crippen LogP contribution is 2.19. The zero-order chi connectivity index (χ0) is 59.2. The molecule has 0 saturated carbocycles. The first-order valence-electron chi connectivity index (χ1n) is 36.6. The van der Waals surface area contributed by atoms with Gasteiger partial charge in [-0.3, -0.25) is 14.4 Å². The molecule has 0 amide bonds. The SMILES string of the molecule is CC/C=C\C/C=C\C/C=C\C/C=C\CCCCC(=O)OC(COC(=O)CCCCCCCCCCCCCCCCC)COC(=O)CCCCCCCCCCCCCCCCCCCCCCCCCCCCCCCCCCCC. The van der Waals surface area contributed by atoms with E-state index in [2.05, 4.69) is 69.4 Å². The fourth-order valence-electron chi connectivity index (χ4n) is 11.1. The highest BCUT2D eigenvalue weighted by molar-refractivity contribution is 5.71. The highest BCUT2D eigenvalue weighted by Gasteiger charge is 2.19. The lowest BCUT2D eigenvalue weighted by atomic mass is 10.0. The first kappa shape index (κ1) is 79.4. The van der Waals surface area contributed by atoms with Crippen LogP contribution in [0.1, 0.15) is 400 Å². The maximum absolute atomic E-state index is 12.9. The maximum Gasteiger partial charge on any atom is 0.306 e. The Bertz CT molecular complexity index is 1410. The number of allylic oxidation sites excluding steroid dienone is 8. The molecule has 0 radical (unpaired) electrons. The molecule has 1 unspecified atom stereocenters. The van der Waals surface area contributed by atoms with E-state index in [4.69, 9.17) is 14.2 Å². The van der Waals surface area contributed by atoms with Crippen molar-refractivity contribution in [3.8, 4) is 0 Å². The number of ether oxygens (including phenoxy) is 3. The molecule has 0 heterocycles. The summed E-state index contributed by atoms with van der Waals surface area (Å²) >= 11 is 0. The molecule has 1 atom stereocenters. The van der Waals surface area contributed by atoms with E-state index in [0.717, 1.165) is 77.0 Å². The Morgan fingerprint density at radius 1 is 0.256 bits per heavy atom. The maximum atomic E-state index is 12.9. The second-order valence-corrected chi connectivity index (χ2v) is 24.8. The van der Waals surface area contributed by atoms with Crippen LogP contribution in [0.2, 0.25) is 0 Å². The van der Waals surface area contributed by atoms with Crippen molar-refractivity contribution in [2.75, 3.05) is 13.2 Å². The van der Waals surface area contributed by atoms with Crippen LogP contribution in [0.15, 0.2) is 48.6 Å². The van der Waals surface area contributed by atoms with Crippen LogP contribution in [-0.4, -0.2) is 37.2 Å². The van der Waals surface area contributed by atoms with Crippen LogP contribution in [0.25, 0.3) is 0 Å². The summed E-state index contributed by atoms with van der Waals surface area (Å²) in [7, 11) is 0. The summed E-state index contributed by atoms with van der Waals surface area (Å²) in [6.45, 7) is 6.56. The van der Waals surface area contributed by atoms with Crippen LogP contribution < -0.4 is 0 Å². The molecule has 480 valence electrons. The van der Waals surface area contributed by atoms with E-state index in [1.54, 1.807) is 0 Å². The molecule has 0 aromatic rings. The summed E-state index contributed by atoms with van der Waals surface area (Å²) < 4.78 is 16.9. The van der Waals surface area contributed by atoms with Gasteiger partial charge in [0, 0.05) is 19.3 Å². The lowest BCUT2D eigenvalue weighted by molar-refractivity contribution is -0.167. The van der Waals surface area contributed by atoms with E-state index in [1.165, 1.54) is 276 Å². The molecule has 82 heavy (non-hydrogen) atoms. The fraction of sp³-hybridized carbons (Fsp3) is 0.855. The lowest BCUT2D eigenvalue weighted by Gasteiger charge is -2.18. The van der Waals surface area contributed by atoms with Gasteiger partial charge < -0.3 is 14.2 Å². The van der Waals surface area contributed by atoms with Gasteiger partial charge in [-0.25, -0.2) is 0 Å². The van der Waals surface area contributed by atoms with Gasteiger partial charge in [-0.05, 0) is 57.8 Å². The van der Waals surface area contributed by atoms with Crippen LogP contribution in [0.3, 0.4) is 0 Å². The first-order chi connectivity index (χ1) is 40.5. The Labute approximate surface area is 511 Å². The molecular formula is C76H140O6. The van der Waals surface area contributed by atoms with Gasteiger partial charge in [0.05, 0.1) is 0 Å². The van der Waals surface area contributed by atoms with E-state index in [1.807, 2.05) is 0 Å². The van der Waals surface area contributed by atoms with Crippen LogP contribution >= 0.6 is 0 Å². The third kappa shape index (κ3) is 68.2. The summed E-state index contributed by atoms with van der Waals surface area (Å²) in [5, 5.41) is 0. The van der Waals surface area contributed by atoms with Gasteiger partial charge in [0.1, 0.15) is 13.2 Å². The minimum atomic E-state index is -0.793. The topological polar surface area (TPSA) is 78.9 Å². The molecule has 0 saturated heterocycles. The average molecular weight is 1150 g/mol. The number of unbranched alkanes of at least 4 members (excludes halogenated alkanes) is 49. The molecule has 0 bridgehead atoms. The van der Waals surface area contributed by atoms with Crippen molar-refractivity contribution in [3.05, 3.63) is 48.6 Å². The predicted molar refractivity (Wildman–Crippen MR) is 358 cm³/mol. The van der Waals surface area contributed by atoms with Crippen LogP contribution in [-0.2, 0) is 28.6 Å². The molecule has 0 N–H and O–H groups in total. The molecule has 0 spiro atoms. The molecule has 0 aromatic carbocycles. The van der Waals surface area contributed by atoms with Gasteiger partial charge in [-0.2, -0.15) is 0 Å². The van der Waals surface area contributed by atoms with Crippen molar-refractivity contribution < 1.29 is 28.6 Å². The molecule has 0 aliphatic rings. The summed E-state index contributed by atoms with van der Waals surface area (Å²) in [5.41, 5.74) is 0. The summed E-state index contributed by atoms with van der Waals surface area (Å²) in [6.07, 6.45) is 90.4. The predicted octanol–water partition coefficient (Wildman–Crippen LogP) is 25.3. The van der Waals surface area contributed by atoms with Gasteiger partial charge in [0.2, 0.25) is 0 Å². The van der Waals surface area contributed by atoms with E-state index < -0.39 is 6.10 Å². The van der Waals surface area contributed by atoms with Crippen LogP contribution in [0.5, 0.6) is 0 Å². The minimum Gasteiger partial charge on any atom is -0.462 e. The third-order valence-corrected chi connectivity index (χ3v) is 16.6. The Morgan fingerprint density at radius 3 is 0.744 bits per heavy atom. The Morgan fingerprint density at radius 2 is 0.476 bits per heavy atom. The number of esters is 3. The van der Waals surface area contributed by atoms with E-state index in [9.17, 15) is 14.4 Å². The van der Waals surface area contributed by atoms with Crippen molar-refractivity contribution in [3.63, 3.8) is 0 Å². The van der Waals surface area contributed by atoms with E-state index >= 15 is 0 Å². The third-order valence-electron chi connectivity index (χ3n) is 16.6. The molecule has 0 aromatic heterocycles. The summed E-state index contributed by atoms with van der Waals surface area (Å²) in [4.78, 5) is 38.4. The van der Waals surface area contributed by atoms with Crippen LogP contribution in [0, 0.1) is 0 Å². The molecule has 6 heteroatoms. The van der Waals surface area contributed by atoms with Crippen LogP contribution in [0.4, 0.5) is 0 Å². The number of rotatable bonds is 68. The molecule has 0 rings (SSSR count). The Balaban J connectivity index is 4.10. The molecule has 0 fully saturated rings. The highest BCUT2D eigenvalue weighted by atomic mass is 16.6. The molecule has 0 aliphatic carbocycles. The second kappa shape index (κ2) is 70.9. The largest absolute Gasteiger partial charge is 0.462 e. The number of carbonyl (C=O) groups is 3. The van der Waals surface area contributed by atoms with E-state index in [0.29, 0.717) is 19.3 Å². The number of hydrogen-bond donors (Lipinski definition) is 0. The normalized spacial score (nSPS) is 12.3. The van der Waals surface area contributed by atoms with Crippen molar-refractivity contribution >= 4 is 17.9 Å². The Kier molecular flexibility index (Phi) is 68.6. The standard InChI is InChI=1S/C76H140O6/c1-4-7-10-13-16-19-22-25-28-29-30-31-32-33-34-35-36-37-38-39-40-41-42-43-44-45-46-49-51-54-57-60-63-66-69-75(78)81-72-73(82-76(79)70-67-64-61-58-55-52-48-27-24-21-18-15-12-9-6-3)71-80-74(77)68-65-62-59-56-53-50-47-26-23-20-17-14-11-8-5-2/h9,12,18,21,27,48,55,58,73H,4-8,10-11,13-17,19-20,22-26,28-47,49-54,56-57,59-72H2,1-3H3/b12-9-,21-18-,48-27-,58-55-. The molecular weight excluding hydrogens is 1010 g/mol. The zero-order valence-electron chi connectivity index (χ0n) is 55.3. The van der Waals surface area contributed by atoms with Crippen molar-refractivity contribution in [2.24, 2.45) is 0 Å². The van der Waals surface area contributed by atoms with Crippen molar-refractivity contribution in [1.29, 1.82) is 0 Å². The van der Waals surface area contributed by atoms with Crippen molar-refractivity contribution in [1.82, 2.24) is 0 Å². The number of hydrogen-bond acceptors (Lipinski definition) is 6. The van der Waals surface area contributed by atoms with Gasteiger partial charge in [0.15, 0.2) is 6.10 Å². The average Bonchev–Trinajstić information content (AvgIpc) is 3.47. The molecule has 6 nitrogen and oxygen atoms in total. The minimum absolute atomic E-state index is 0.0849. The monoisotopic (exact) mass is 1150 g/mol. The van der Waals surface area contributed by atoms with Gasteiger partial charge in [-0.1, -0.05) is 371 Å². The summed E-state index contributed by atoms with van der Waals surface area (Å²) in [6, 6.07) is 0. The first-order valence-corrected chi connectivity index (χ1v) is 36.6. The Hall–Kier alpha value is -2.63. The fourth-order valence-corrected chi connectivity index (χ4v) is 11.1. The lowest BCUT2D eigenvalue weighted by Crippen LogP contribution is -2.30. The second-order valence-electron chi connectivity index (χ2n) is 24.8. The van der Waals surface area contributed by atoms with Crippen molar-refractivity contribution in [2.45, 2.75) is 406 Å². The number of carbonyl (C=O) groups excluding carboxylic acids is 3. The zero-order valence-corrected chi connectivity index (χ0v) is 55.3.